The quantitative estimate of drug-likeness (QED) is 0.721. The highest BCUT2D eigenvalue weighted by atomic mass is 16.2. The van der Waals surface area contributed by atoms with Crippen LogP contribution in [0.5, 0.6) is 0 Å². The number of hydrogen-bond acceptors (Lipinski definition) is 7. The van der Waals surface area contributed by atoms with Crippen LogP contribution in [-0.4, -0.2) is 77.4 Å². The third-order valence-corrected chi connectivity index (χ3v) is 5.01. The van der Waals surface area contributed by atoms with E-state index in [0.29, 0.717) is 19.6 Å². The Kier molecular flexibility index (Phi) is 5.55. The van der Waals surface area contributed by atoms with Gasteiger partial charge in [-0.15, -0.1) is 0 Å². The van der Waals surface area contributed by atoms with E-state index in [4.69, 9.17) is 11.5 Å². The van der Waals surface area contributed by atoms with Crippen molar-refractivity contribution in [1.82, 2.24) is 19.8 Å². The van der Waals surface area contributed by atoms with Crippen LogP contribution in [0, 0.1) is 12.8 Å². The maximum absolute atomic E-state index is 12.9. The number of nitrogens with zero attached hydrogens (tertiary/aromatic N) is 5. The molecule has 1 aromatic heterocycles. The predicted molar refractivity (Wildman–Crippen MR) is 98.3 cm³/mol. The molecule has 2 fully saturated rings. The normalized spacial score (nSPS) is 21.7. The fourth-order valence-electron chi connectivity index (χ4n) is 3.77. The maximum atomic E-state index is 12.9. The van der Waals surface area contributed by atoms with Crippen LogP contribution in [0.3, 0.4) is 0 Å². The Morgan fingerprint density at radius 3 is 2.58 bits per heavy atom. The lowest BCUT2D eigenvalue weighted by Gasteiger charge is -2.39. The molecule has 3 heterocycles. The molecule has 9 nitrogen and oxygen atoms in total. The van der Waals surface area contributed by atoms with Crippen LogP contribution in [0.2, 0.25) is 0 Å². The molecular formula is C17H27N7O2. The zero-order valence-electron chi connectivity index (χ0n) is 15.2. The van der Waals surface area contributed by atoms with Crippen LogP contribution < -0.4 is 16.4 Å². The van der Waals surface area contributed by atoms with Crippen LogP contribution in [0.1, 0.15) is 18.5 Å². The van der Waals surface area contributed by atoms with Gasteiger partial charge in [0.1, 0.15) is 5.82 Å². The zero-order chi connectivity index (χ0) is 18.7. The van der Waals surface area contributed by atoms with Crippen LogP contribution in [-0.2, 0) is 9.59 Å². The van der Waals surface area contributed by atoms with Gasteiger partial charge in [-0.25, -0.2) is 4.98 Å². The van der Waals surface area contributed by atoms with Crippen molar-refractivity contribution >= 4 is 23.6 Å². The van der Waals surface area contributed by atoms with E-state index < -0.39 is 0 Å². The number of rotatable bonds is 4. The van der Waals surface area contributed by atoms with Crippen molar-refractivity contribution < 1.29 is 9.59 Å². The second kappa shape index (κ2) is 7.86. The molecule has 0 aromatic carbocycles. The molecule has 0 spiro atoms. The van der Waals surface area contributed by atoms with Gasteiger partial charge in [0.05, 0.1) is 12.5 Å². The lowest BCUT2D eigenvalue weighted by Crippen LogP contribution is -2.53. The minimum atomic E-state index is -0.342. The van der Waals surface area contributed by atoms with Gasteiger partial charge < -0.3 is 21.3 Å². The van der Waals surface area contributed by atoms with E-state index in [-0.39, 0.29) is 30.2 Å². The summed E-state index contributed by atoms with van der Waals surface area (Å²) in [6.07, 6.45) is 1.79. The molecule has 2 saturated heterocycles. The van der Waals surface area contributed by atoms with Gasteiger partial charge in [0, 0.05) is 44.5 Å². The molecular weight excluding hydrogens is 334 g/mol. The number of piperidine rings is 1. The molecule has 0 aliphatic carbocycles. The number of aryl methyl sites for hydroxylation is 1. The number of hydrogen-bond donors (Lipinski definition) is 2. The molecule has 26 heavy (non-hydrogen) atoms. The number of primary amides is 1. The number of carbonyl (C=O) groups is 2. The Labute approximate surface area is 153 Å². The lowest BCUT2D eigenvalue weighted by atomic mass is 9.96. The summed E-state index contributed by atoms with van der Waals surface area (Å²) < 4.78 is 0. The number of anilines is 2. The van der Waals surface area contributed by atoms with E-state index in [1.807, 2.05) is 22.8 Å². The van der Waals surface area contributed by atoms with E-state index in [1.54, 1.807) is 0 Å². The molecule has 0 bridgehead atoms. The Balaban J connectivity index is 1.55. The first kappa shape index (κ1) is 18.4. The molecule has 3 rings (SSSR count). The largest absolute Gasteiger partial charge is 0.369 e. The zero-order valence-corrected chi connectivity index (χ0v) is 15.2. The second-order valence-corrected chi connectivity index (χ2v) is 7.08. The van der Waals surface area contributed by atoms with Gasteiger partial charge in [0.15, 0.2) is 0 Å². The summed E-state index contributed by atoms with van der Waals surface area (Å²) >= 11 is 0. The fraction of sp³-hybridized carbons (Fsp3) is 0.647. The van der Waals surface area contributed by atoms with Crippen molar-refractivity contribution in [3.8, 4) is 0 Å². The summed E-state index contributed by atoms with van der Waals surface area (Å²) in [6, 6.07) is 1.91. The van der Waals surface area contributed by atoms with E-state index >= 15 is 0 Å². The monoisotopic (exact) mass is 361 g/mol. The van der Waals surface area contributed by atoms with Crippen molar-refractivity contribution in [2.24, 2.45) is 11.7 Å². The van der Waals surface area contributed by atoms with Crippen molar-refractivity contribution in [2.45, 2.75) is 19.8 Å². The van der Waals surface area contributed by atoms with E-state index in [1.165, 1.54) is 0 Å². The lowest BCUT2D eigenvalue weighted by molar-refractivity contribution is -0.138. The van der Waals surface area contributed by atoms with Gasteiger partial charge in [-0.2, -0.15) is 4.98 Å². The smallest absolute Gasteiger partial charge is 0.231 e. The van der Waals surface area contributed by atoms with Crippen LogP contribution >= 0.6 is 0 Å². The summed E-state index contributed by atoms with van der Waals surface area (Å²) in [7, 11) is 0. The molecule has 2 aliphatic heterocycles. The Bertz CT molecular complexity index is 653. The van der Waals surface area contributed by atoms with E-state index in [2.05, 4.69) is 14.9 Å². The first-order valence-electron chi connectivity index (χ1n) is 9.08. The van der Waals surface area contributed by atoms with Crippen LogP contribution in [0.15, 0.2) is 6.07 Å². The number of carbonyl (C=O) groups excluding carboxylic acids is 2. The summed E-state index contributed by atoms with van der Waals surface area (Å²) in [4.78, 5) is 38.4. The van der Waals surface area contributed by atoms with Crippen molar-refractivity contribution in [3.05, 3.63) is 11.8 Å². The van der Waals surface area contributed by atoms with Gasteiger partial charge in [0.2, 0.25) is 17.8 Å². The average Bonchev–Trinajstić information content (AvgIpc) is 2.60. The van der Waals surface area contributed by atoms with Gasteiger partial charge in [0.25, 0.3) is 0 Å². The summed E-state index contributed by atoms with van der Waals surface area (Å²) in [5.74, 6) is 0.873. The van der Waals surface area contributed by atoms with Crippen LogP contribution in [0.4, 0.5) is 11.8 Å². The Morgan fingerprint density at radius 1 is 1.19 bits per heavy atom. The fourth-order valence-corrected chi connectivity index (χ4v) is 3.77. The minimum absolute atomic E-state index is 0.0495. The van der Waals surface area contributed by atoms with Crippen molar-refractivity contribution in [3.63, 3.8) is 0 Å². The molecule has 0 unspecified atom stereocenters. The number of amides is 2. The molecule has 9 heteroatoms. The molecule has 2 aliphatic rings. The summed E-state index contributed by atoms with van der Waals surface area (Å²) in [5.41, 5.74) is 11.9. The second-order valence-electron chi connectivity index (χ2n) is 7.08. The topological polar surface area (TPSA) is 122 Å². The highest BCUT2D eigenvalue weighted by Crippen LogP contribution is 2.21. The Hall–Kier alpha value is -2.42. The molecule has 4 N–H and O–H groups in total. The van der Waals surface area contributed by atoms with E-state index in [9.17, 15) is 9.59 Å². The summed E-state index contributed by atoms with van der Waals surface area (Å²) in [6.45, 7) is 6.33. The molecule has 1 atom stereocenters. The van der Waals surface area contributed by atoms with Crippen molar-refractivity contribution in [2.75, 3.05) is 56.4 Å². The van der Waals surface area contributed by atoms with Gasteiger partial charge in [-0.1, -0.05) is 0 Å². The highest BCUT2D eigenvalue weighted by Gasteiger charge is 2.31. The van der Waals surface area contributed by atoms with Gasteiger partial charge >= 0.3 is 0 Å². The third-order valence-electron chi connectivity index (χ3n) is 5.01. The molecule has 0 radical (unpaired) electrons. The van der Waals surface area contributed by atoms with Gasteiger partial charge in [-0.05, 0) is 26.3 Å². The number of aromatic nitrogens is 2. The first-order chi connectivity index (χ1) is 12.4. The Morgan fingerprint density at radius 2 is 1.92 bits per heavy atom. The molecule has 0 saturated carbocycles. The predicted octanol–water partition coefficient (Wildman–Crippen LogP) is -0.787. The number of nitrogen functional groups attached to an aromatic ring is 1. The highest BCUT2D eigenvalue weighted by molar-refractivity contribution is 5.80. The number of piperazine rings is 1. The number of nitrogens with two attached hydrogens (primary N) is 2. The maximum Gasteiger partial charge on any atom is 0.231 e. The van der Waals surface area contributed by atoms with Crippen LogP contribution in [0.25, 0.3) is 0 Å². The molecule has 2 amide bonds. The van der Waals surface area contributed by atoms with Gasteiger partial charge in [-0.3, -0.25) is 14.5 Å². The number of likely N-dealkylation sites (tertiary alicyclic amines) is 1. The third kappa shape index (κ3) is 4.40. The first-order valence-corrected chi connectivity index (χ1v) is 9.08. The average molecular weight is 361 g/mol. The standard InChI is InChI=1S/C17H27N7O2/c1-12-9-15(21-17(19)20-12)23-5-7-24(8-6-23)16(26)13-3-2-4-22(10-13)11-14(18)25/h9,13H,2-8,10-11H2,1H3,(H2,18,25)(H2,19,20,21)/t13-/m1/s1. The van der Waals surface area contributed by atoms with E-state index in [0.717, 1.165) is 44.0 Å². The molecule has 142 valence electrons. The minimum Gasteiger partial charge on any atom is -0.369 e. The molecule has 1 aromatic rings. The van der Waals surface area contributed by atoms with Crippen molar-refractivity contribution in [1.29, 1.82) is 0 Å². The summed E-state index contributed by atoms with van der Waals surface area (Å²) in [5, 5.41) is 0. The SMILES string of the molecule is Cc1cc(N2CCN(C(=O)[C@@H]3CCCN(CC(N)=O)C3)CC2)nc(N)n1.